The van der Waals surface area contributed by atoms with Crippen molar-refractivity contribution in [3.05, 3.63) is 35.8 Å². The molecule has 19 heavy (non-hydrogen) atoms. The second-order valence-corrected chi connectivity index (χ2v) is 6.19. The van der Waals surface area contributed by atoms with E-state index in [-0.39, 0.29) is 0 Å². The highest BCUT2D eigenvalue weighted by atomic mass is 15.0. The largest absolute Gasteiger partial charge is 0.311 e. The van der Waals surface area contributed by atoms with Crippen LogP contribution in [0.2, 0.25) is 0 Å². The lowest BCUT2D eigenvalue weighted by Crippen LogP contribution is -2.29. The summed E-state index contributed by atoms with van der Waals surface area (Å²) >= 11 is 0. The summed E-state index contributed by atoms with van der Waals surface area (Å²) in [6, 6.07) is 6.17. The molecule has 1 aliphatic carbocycles. The van der Waals surface area contributed by atoms with E-state index in [0.717, 1.165) is 24.4 Å². The van der Waals surface area contributed by atoms with Gasteiger partial charge in [0, 0.05) is 19.3 Å². The lowest BCUT2D eigenvalue weighted by Gasteiger charge is -2.23. The zero-order chi connectivity index (χ0) is 13.3. The molecule has 102 valence electrons. The molecule has 1 fully saturated rings. The van der Waals surface area contributed by atoms with Crippen LogP contribution in [0.5, 0.6) is 0 Å². The Morgan fingerprint density at radius 1 is 1.32 bits per heavy atom. The van der Waals surface area contributed by atoms with Crippen LogP contribution in [-0.2, 0) is 6.54 Å². The van der Waals surface area contributed by atoms with Crippen molar-refractivity contribution in [2.75, 3.05) is 6.54 Å². The van der Waals surface area contributed by atoms with E-state index in [4.69, 9.17) is 0 Å². The number of rotatable bonds is 4. The van der Waals surface area contributed by atoms with Gasteiger partial charge in [-0.2, -0.15) is 0 Å². The lowest BCUT2D eigenvalue weighted by molar-refractivity contribution is 0.314. The fourth-order valence-electron chi connectivity index (χ4n) is 3.27. The van der Waals surface area contributed by atoms with Crippen molar-refractivity contribution >= 4 is 5.65 Å². The first kappa shape index (κ1) is 12.7. The second-order valence-electron chi connectivity index (χ2n) is 6.19. The topological polar surface area (TPSA) is 29.3 Å². The van der Waals surface area contributed by atoms with E-state index < -0.39 is 0 Å². The Bertz CT molecular complexity index is 564. The van der Waals surface area contributed by atoms with Crippen LogP contribution in [-0.4, -0.2) is 15.9 Å². The average molecular weight is 257 g/mol. The molecule has 2 aromatic rings. The predicted molar refractivity (Wildman–Crippen MR) is 78.2 cm³/mol. The van der Waals surface area contributed by atoms with Gasteiger partial charge in [0.2, 0.25) is 0 Å². The molecule has 3 nitrogen and oxygen atoms in total. The molecule has 0 bridgehead atoms. The van der Waals surface area contributed by atoms with Gasteiger partial charge in [0.05, 0.1) is 11.4 Å². The Kier molecular flexibility index (Phi) is 3.31. The highest BCUT2D eigenvalue weighted by molar-refractivity contribution is 5.42. The van der Waals surface area contributed by atoms with Gasteiger partial charge >= 0.3 is 0 Å². The molecule has 0 aliphatic heterocycles. The van der Waals surface area contributed by atoms with Crippen LogP contribution in [0, 0.1) is 12.3 Å². The number of pyridine rings is 1. The Morgan fingerprint density at radius 3 is 2.89 bits per heavy atom. The van der Waals surface area contributed by atoms with Crippen LogP contribution < -0.4 is 5.32 Å². The number of imidazole rings is 1. The molecule has 3 rings (SSSR count). The number of hydrogen-bond donors (Lipinski definition) is 1. The van der Waals surface area contributed by atoms with Crippen LogP contribution in [0.25, 0.3) is 5.65 Å². The van der Waals surface area contributed by atoms with Crippen molar-refractivity contribution in [1.29, 1.82) is 0 Å². The van der Waals surface area contributed by atoms with Crippen molar-refractivity contribution in [1.82, 2.24) is 14.7 Å². The maximum atomic E-state index is 4.60. The zero-order valence-corrected chi connectivity index (χ0v) is 11.9. The quantitative estimate of drug-likeness (QED) is 0.910. The summed E-state index contributed by atoms with van der Waals surface area (Å²) in [6.45, 7) is 6.54. The van der Waals surface area contributed by atoms with Crippen LogP contribution in [0.1, 0.15) is 44.0 Å². The van der Waals surface area contributed by atoms with Gasteiger partial charge in [-0.25, -0.2) is 4.98 Å². The number of aromatic nitrogens is 2. The molecule has 0 unspecified atom stereocenters. The van der Waals surface area contributed by atoms with Gasteiger partial charge in [0.25, 0.3) is 0 Å². The zero-order valence-electron chi connectivity index (χ0n) is 11.9. The molecule has 3 heteroatoms. The van der Waals surface area contributed by atoms with Gasteiger partial charge in [-0.15, -0.1) is 0 Å². The predicted octanol–water partition coefficient (Wildman–Crippen LogP) is 3.31. The summed E-state index contributed by atoms with van der Waals surface area (Å²) in [5, 5.41) is 3.64. The van der Waals surface area contributed by atoms with Gasteiger partial charge in [-0.1, -0.05) is 25.8 Å². The molecule has 0 saturated heterocycles. The van der Waals surface area contributed by atoms with Crippen LogP contribution in [0.4, 0.5) is 0 Å². The first-order chi connectivity index (χ1) is 9.18. The highest BCUT2D eigenvalue weighted by Crippen LogP contribution is 2.36. The van der Waals surface area contributed by atoms with Crippen LogP contribution >= 0.6 is 0 Å². The van der Waals surface area contributed by atoms with Gasteiger partial charge in [-0.05, 0) is 37.3 Å². The molecule has 1 N–H and O–H groups in total. The maximum absolute atomic E-state index is 4.60. The molecule has 0 amide bonds. The molecular formula is C16H23N3. The third-order valence-corrected chi connectivity index (χ3v) is 4.48. The minimum Gasteiger partial charge on any atom is -0.311 e. The number of hydrogen-bond acceptors (Lipinski definition) is 2. The molecule has 2 heterocycles. The Hall–Kier alpha value is -1.35. The van der Waals surface area contributed by atoms with E-state index in [1.807, 2.05) is 6.07 Å². The Balaban J connectivity index is 1.70. The van der Waals surface area contributed by atoms with E-state index in [9.17, 15) is 0 Å². The molecule has 1 aliphatic rings. The molecular weight excluding hydrogens is 234 g/mol. The SMILES string of the molecule is Cc1nc2ccccn2c1CNCC1(C)CCCC1. The minimum atomic E-state index is 0.508. The number of fused-ring (bicyclic) bond motifs is 1. The summed E-state index contributed by atoms with van der Waals surface area (Å²) in [5.74, 6) is 0. The maximum Gasteiger partial charge on any atom is 0.137 e. The summed E-state index contributed by atoms with van der Waals surface area (Å²) in [5.41, 5.74) is 3.98. The smallest absolute Gasteiger partial charge is 0.137 e. The van der Waals surface area contributed by atoms with E-state index in [2.05, 4.69) is 46.9 Å². The molecule has 0 spiro atoms. The third-order valence-electron chi connectivity index (χ3n) is 4.48. The second kappa shape index (κ2) is 4.97. The van der Waals surface area contributed by atoms with Crippen molar-refractivity contribution in [3.8, 4) is 0 Å². The lowest BCUT2D eigenvalue weighted by atomic mass is 9.89. The first-order valence-corrected chi connectivity index (χ1v) is 7.31. The van der Waals surface area contributed by atoms with Crippen molar-refractivity contribution in [2.45, 2.75) is 46.1 Å². The van der Waals surface area contributed by atoms with E-state index in [1.54, 1.807) is 0 Å². The van der Waals surface area contributed by atoms with Gasteiger partial charge < -0.3 is 9.72 Å². The minimum absolute atomic E-state index is 0.508. The fourth-order valence-corrected chi connectivity index (χ4v) is 3.27. The number of aryl methyl sites for hydroxylation is 1. The van der Waals surface area contributed by atoms with Crippen molar-refractivity contribution in [3.63, 3.8) is 0 Å². The molecule has 2 aromatic heterocycles. The average Bonchev–Trinajstić information content (AvgIpc) is 2.95. The van der Waals surface area contributed by atoms with Crippen LogP contribution in [0.3, 0.4) is 0 Å². The standard InChI is InChI=1S/C16H23N3/c1-13-14(19-10-6-3-7-15(19)18-13)11-17-12-16(2)8-4-5-9-16/h3,6-7,10,17H,4-5,8-9,11-12H2,1-2H3. The summed E-state index contributed by atoms with van der Waals surface area (Å²) < 4.78 is 2.19. The monoisotopic (exact) mass is 257 g/mol. The first-order valence-electron chi connectivity index (χ1n) is 7.31. The van der Waals surface area contributed by atoms with Crippen molar-refractivity contribution in [2.24, 2.45) is 5.41 Å². The number of nitrogens with zero attached hydrogens (tertiary/aromatic N) is 2. The fraction of sp³-hybridized carbons (Fsp3) is 0.562. The van der Waals surface area contributed by atoms with Gasteiger partial charge in [0.1, 0.15) is 5.65 Å². The molecule has 1 saturated carbocycles. The molecule has 0 aromatic carbocycles. The summed E-state index contributed by atoms with van der Waals surface area (Å²) in [6.07, 6.45) is 7.63. The Labute approximate surface area is 115 Å². The van der Waals surface area contributed by atoms with E-state index >= 15 is 0 Å². The van der Waals surface area contributed by atoms with Gasteiger partial charge in [-0.3, -0.25) is 0 Å². The van der Waals surface area contributed by atoms with Crippen molar-refractivity contribution < 1.29 is 0 Å². The van der Waals surface area contributed by atoms with Gasteiger partial charge in [0.15, 0.2) is 0 Å². The van der Waals surface area contributed by atoms with E-state index in [1.165, 1.54) is 31.4 Å². The molecule has 0 atom stereocenters. The summed E-state index contributed by atoms with van der Waals surface area (Å²) in [4.78, 5) is 4.60. The van der Waals surface area contributed by atoms with Crippen LogP contribution in [0.15, 0.2) is 24.4 Å². The number of nitrogens with one attached hydrogen (secondary N) is 1. The van der Waals surface area contributed by atoms with E-state index in [0.29, 0.717) is 5.41 Å². The summed E-state index contributed by atoms with van der Waals surface area (Å²) in [7, 11) is 0. The molecule has 0 radical (unpaired) electrons. The highest BCUT2D eigenvalue weighted by Gasteiger charge is 2.28. The normalized spacial score (nSPS) is 18.2. The Morgan fingerprint density at radius 2 is 2.11 bits per heavy atom. The third kappa shape index (κ3) is 2.52.